The molecule has 0 amide bonds. The third-order valence-electron chi connectivity index (χ3n) is 7.87. The fraction of sp³-hybridized carbons (Fsp3) is 0.471. The topological polar surface area (TPSA) is 9.23 Å². The highest BCUT2D eigenvalue weighted by molar-refractivity contribution is 7.79. The van der Waals surface area contributed by atoms with Crippen LogP contribution in [-0.2, 0) is 4.43 Å². The largest absolute Gasteiger partial charge is 0.410 e. The summed E-state index contributed by atoms with van der Waals surface area (Å²) in [5.41, 5.74) is 1.40. The zero-order chi connectivity index (χ0) is 26.7. The van der Waals surface area contributed by atoms with Gasteiger partial charge in [0.25, 0.3) is 0 Å². The molecule has 3 heteroatoms. The van der Waals surface area contributed by atoms with Crippen molar-refractivity contribution in [3.05, 3.63) is 90.5 Å². The fourth-order valence-corrected chi connectivity index (χ4v) is 8.46. The van der Waals surface area contributed by atoms with Gasteiger partial charge in [0.15, 0.2) is 8.32 Å². The van der Waals surface area contributed by atoms with Gasteiger partial charge in [-0.1, -0.05) is 158 Å². The lowest BCUT2D eigenvalue weighted by Crippen LogP contribution is -2.42. The maximum absolute atomic E-state index is 7.25. The van der Waals surface area contributed by atoms with Crippen LogP contribution in [0.4, 0.5) is 0 Å². The Labute approximate surface area is 230 Å². The molecule has 1 nitrogen and oxygen atoms in total. The third kappa shape index (κ3) is 8.64. The molecule has 0 radical (unpaired) electrons. The summed E-state index contributed by atoms with van der Waals surface area (Å²) in [5, 5.41) is 4.43. The normalized spacial score (nSPS) is 13.2. The van der Waals surface area contributed by atoms with E-state index in [4.69, 9.17) is 4.43 Å². The van der Waals surface area contributed by atoms with Crippen molar-refractivity contribution in [3.8, 4) is 0 Å². The van der Waals surface area contributed by atoms with Gasteiger partial charge < -0.3 is 4.43 Å². The van der Waals surface area contributed by atoms with Crippen LogP contribution in [-0.4, -0.2) is 8.32 Å². The molecule has 0 spiro atoms. The lowest BCUT2D eigenvalue weighted by Gasteiger charge is -2.40. The Morgan fingerprint density at radius 3 is 1.70 bits per heavy atom. The molecule has 0 aliphatic carbocycles. The fourth-order valence-electron chi connectivity index (χ4n) is 4.64. The number of hydrogen-bond donors (Lipinski definition) is 0. The standard InChI is InChI=1S/C34H49OPSi/c1-7-8-9-10-11-12-19-27-32(35-37(5,6)34(2,3)4)31-26-20-21-28-33(31)36(29-22-15-13-16-23-29)30-24-17-14-18-25-30/h13-18,20-26,28,32H,7-12,19,27H2,1-6H3. The number of benzene rings is 3. The average molecular weight is 533 g/mol. The molecule has 0 saturated carbocycles. The van der Waals surface area contributed by atoms with E-state index in [1.54, 1.807) is 0 Å². The van der Waals surface area contributed by atoms with E-state index >= 15 is 0 Å². The summed E-state index contributed by atoms with van der Waals surface area (Å²) in [6, 6.07) is 31.3. The van der Waals surface area contributed by atoms with Gasteiger partial charge in [0.05, 0.1) is 6.10 Å². The number of rotatable bonds is 14. The van der Waals surface area contributed by atoms with Crippen LogP contribution in [0.15, 0.2) is 84.9 Å². The summed E-state index contributed by atoms with van der Waals surface area (Å²) in [4.78, 5) is 0. The predicted molar refractivity (Wildman–Crippen MR) is 169 cm³/mol. The Balaban J connectivity index is 1.97. The zero-order valence-electron chi connectivity index (χ0n) is 24.2. The van der Waals surface area contributed by atoms with Crippen LogP contribution in [0.2, 0.25) is 18.1 Å². The minimum Gasteiger partial charge on any atom is -0.410 e. The summed E-state index contributed by atoms with van der Waals surface area (Å²) in [6.07, 6.45) is 10.5. The molecule has 37 heavy (non-hydrogen) atoms. The molecule has 3 aromatic rings. The predicted octanol–water partition coefficient (Wildman–Crippen LogP) is 9.65. The van der Waals surface area contributed by atoms with E-state index in [0.29, 0.717) is 0 Å². The maximum Gasteiger partial charge on any atom is 0.192 e. The Bertz CT molecular complexity index is 1000. The summed E-state index contributed by atoms with van der Waals surface area (Å²) >= 11 is 0. The van der Waals surface area contributed by atoms with Gasteiger partial charge in [-0.25, -0.2) is 0 Å². The van der Waals surface area contributed by atoms with Crippen LogP contribution in [0, 0.1) is 0 Å². The first-order valence-corrected chi connectivity index (χ1v) is 18.7. The molecule has 0 fully saturated rings. The zero-order valence-corrected chi connectivity index (χ0v) is 26.1. The highest BCUT2D eigenvalue weighted by atomic mass is 31.1. The minimum absolute atomic E-state index is 0.144. The second kappa shape index (κ2) is 14.4. The molecule has 0 saturated heterocycles. The van der Waals surface area contributed by atoms with Crippen molar-refractivity contribution in [2.75, 3.05) is 0 Å². The van der Waals surface area contributed by atoms with Gasteiger partial charge in [-0.05, 0) is 54.0 Å². The summed E-state index contributed by atoms with van der Waals surface area (Å²) in [5.74, 6) is 0. The Morgan fingerprint density at radius 2 is 1.16 bits per heavy atom. The van der Waals surface area contributed by atoms with E-state index in [-0.39, 0.29) is 11.1 Å². The minimum atomic E-state index is -1.95. The lowest BCUT2D eigenvalue weighted by molar-refractivity contribution is 0.170. The van der Waals surface area contributed by atoms with Crippen molar-refractivity contribution in [2.24, 2.45) is 0 Å². The molecule has 0 aliphatic rings. The molecule has 1 unspecified atom stereocenters. The average Bonchev–Trinajstić information content (AvgIpc) is 2.88. The summed E-state index contributed by atoms with van der Waals surface area (Å²) in [6.45, 7) is 14.2. The van der Waals surface area contributed by atoms with Crippen LogP contribution >= 0.6 is 7.92 Å². The molecule has 3 aromatic carbocycles. The molecule has 200 valence electrons. The monoisotopic (exact) mass is 532 g/mol. The number of unbranched alkanes of at least 4 members (excludes halogenated alkanes) is 6. The third-order valence-corrected chi connectivity index (χ3v) is 14.9. The molecule has 1 atom stereocenters. The van der Waals surface area contributed by atoms with Gasteiger partial charge in [-0.2, -0.15) is 0 Å². The van der Waals surface area contributed by atoms with Crippen LogP contribution < -0.4 is 15.9 Å². The van der Waals surface area contributed by atoms with E-state index in [1.807, 2.05) is 0 Å². The highest BCUT2D eigenvalue weighted by Gasteiger charge is 2.40. The van der Waals surface area contributed by atoms with E-state index in [0.717, 1.165) is 6.42 Å². The molecular formula is C34H49OPSi. The molecule has 0 heterocycles. The van der Waals surface area contributed by atoms with Gasteiger partial charge in [-0.15, -0.1) is 0 Å². The van der Waals surface area contributed by atoms with E-state index in [2.05, 4.69) is 126 Å². The highest BCUT2D eigenvalue weighted by Crippen LogP contribution is 2.43. The quantitative estimate of drug-likeness (QED) is 0.114. The second-order valence-electron chi connectivity index (χ2n) is 11.8. The summed E-state index contributed by atoms with van der Waals surface area (Å²) < 4.78 is 7.25. The first-order chi connectivity index (χ1) is 17.7. The van der Waals surface area contributed by atoms with Crippen molar-refractivity contribution in [2.45, 2.75) is 103 Å². The van der Waals surface area contributed by atoms with Crippen LogP contribution in [0.3, 0.4) is 0 Å². The molecule has 0 aromatic heterocycles. The first-order valence-electron chi connectivity index (χ1n) is 14.4. The Kier molecular flexibility index (Phi) is 11.6. The number of hydrogen-bond acceptors (Lipinski definition) is 1. The Morgan fingerprint density at radius 1 is 0.676 bits per heavy atom. The van der Waals surface area contributed by atoms with Crippen molar-refractivity contribution in [3.63, 3.8) is 0 Å². The molecule has 0 aliphatic heterocycles. The van der Waals surface area contributed by atoms with Crippen molar-refractivity contribution < 1.29 is 4.43 Å². The van der Waals surface area contributed by atoms with Crippen LogP contribution in [0.1, 0.15) is 90.7 Å². The van der Waals surface area contributed by atoms with Gasteiger partial charge in [-0.3, -0.25) is 0 Å². The molecule has 3 rings (SSSR count). The molecule has 0 N–H and O–H groups in total. The maximum atomic E-state index is 7.25. The van der Waals surface area contributed by atoms with Crippen molar-refractivity contribution >= 4 is 32.2 Å². The van der Waals surface area contributed by atoms with Gasteiger partial charge in [0.2, 0.25) is 0 Å². The van der Waals surface area contributed by atoms with Gasteiger partial charge >= 0.3 is 0 Å². The summed E-state index contributed by atoms with van der Waals surface area (Å²) in [7, 11) is -2.61. The van der Waals surface area contributed by atoms with E-state index < -0.39 is 16.2 Å². The van der Waals surface area contributed by atoms with Gasteiger partial charge in [0.1, 0.15) is 0 Å². The van der Waals surface area contributed by atoms with Crippen LogP contribution in [0.25, 0.3) is 0 Å². The van der Waals surface area contributed by atoms with Crippen LogP contribution in [0.5, 0.6) is 0 Å². The smallest absolute Gasteiger partial charge is 0.192 e. The molecular weight excluding hydrogens is 483 g/mol. The van der Waals surface area contributed by atoms with E-state index in [9.17, 15) is 0 Å². The second-order valence-corrected chi connectivity index (χ2v) is 18.8. The van der Waals surface area contributed by atoms with E-state index in [1.165, 1.54) is 66.4 Å². The van der Waals surface area contributed by atoms with Crippen molar-refractivity contribution in [1.29, 1.82) is 0 Å². The van der Waals surface area contributed by atoms with Crippen molar-refractivity contribution in [1.82, 2.24) is 0 Å². The SMILES string of the molecule is CCCCCCCCCC(O[Si](C)(C)C(C)(C)C)c1ccccc1P(c1ccccc1)c1ccccc1. The van der Waals surface area contributed by atoms with Gasteiger partial charge in [0, 0.05) is 0 Å². The molecule has 0 bridgehead atoms. The first kappa shape index (κ1) is 29.8. The Hall–Kier alpha value is -1.73. The lowest BCUT2D eigenvalue weighted by atomic mass is 10.0.